The van der Waals surface area contributed by atoms with Crippen LogP contribution in [-0.2, 0) is 6.42 Å². The Hall–Kier alpha value is -3.08. The highest BCUT2D eigenvalue weighted by Gasteiger charge is 2.06. The molecular formula is C19H18N2O3. The molecule has 0 saturated carbocycles. The fraction of sp³-hybridized carbons (Fsp3) is 0.158. The number of ether oxygens (including phenoxy) is 2. The minimum absolute atomic E-state index is 0.468. The molecule has 0 fully saturated rings. The van der Waals surface area contributed by atoms with Crippen LogP contribution < -0.4 is 9.47 Å². The Morgan fingerprint density at radius 3 is 2.50 bits per heavy atom. The van der Waals surface area contributed by atoms with E-state index in [0.717, 1.165) is 11.1 Å². The maximum Gasteiger partial charge on any atom is 0.250 e. The van der Waals surface area contributed by atoms with E-state index in [0.29, 0.717) is 29.6 Å². The fourth-order valence-electron chi connectivity index (χ4n) is 2.31. The predicted octanol–water partition coefficient (Wildman–Crippen LogP) is 3.85. The van der Waals surface area contributed by atoms with Crippen molar-refractivity contribution in [2.75, 3.05) is 14.2 Å². The molecule has 2 aromatic carbocycles. The van der Waals surface area contributed by atoms with Gasteiger partial charge in [0.1, 0.15) is 0 Å². The van der Waals surface area contributed by atoms with E-state index in [2.05, 4.69) is 10.1 Å². The molecule has 5 nitrogen and oxygen atoms in total. The average Bonchev–Trinajstić information content (AvgIpc) is 3.08. The Balaban J connectivity index is 1.71. The third-order valence-corrected chi connectivity index (χ3v) is 3.51. The Bertz CT molecular complexity index is 826. The minimum Gasteiger partial charge on any atom is -0.493 e. The lowest BCUT2D eigenvalue weighted by molar-refractivity contribution is 0.355. The first-order valence-corrected chi connectivity index (χ1v) is 7.55. The van der Waals surface area contributed by atoms with Crippen LogP contribution in [0.25, 0.3) is 12.2 Å². The van der Waals surface area contributed by atoms with Crippen molar-refractivity contribution in [3.8, 4) is 11.5 Å². The van der Waals surface area contributed by atoms with Crippen molar-refractivity contribution >= 4 is 12.2 Å². The number of hydrogen-bond donors (Lipinski definition) is 0. The molecule has 0 atom stereocenters. The van der Waals surface area contributed by atoms with Gasteiger partial charge in [-0.15, -0.1) is 0 Å². The lowest BCUT2D eigenvalue weighted by Gasteiger charge is -2.07. The second-order valence-corrected chi connectivity index (χ2v) is 5.16. The third kappa shape index (κ3) is 3.81. The summed E-state index contributed by atoms with van der Waals surface area (Å²) in [5.74, 6) is 2.50. The van der Waals surface area contributed by atoms with Crippen LogP contribution in [0, 0.1) is 0 Å². The van der Waals surface area contributed by atoms with Gasteiger partial charge in [-0.2, -0.15) is 4.98 Å². The van der Waals surface area contributed by atoms with Crippen LogP contribution in [0.4, 0.5) is 0 Å². The van der Waals surface area contributed by atoms with E-state index in [4.69, 9.17) is 14.0 Å². The van der Waals surface area contributed by atoms with Gasteiger partial charge in [-0.25, -0.2) is 0 Å². The molecule has 3 rings (SSSR count). The molecule has 1 heterocycles. The van der Waals surface area contributed by atoms with Crippen LogP contribution in [0.3, 0.4) is 0 Å². The van der Waals surface area contributed by atoms with E-state index in [9.17, 15) is 0 Å². The summed E-state index contributed by atoms with van der Waals surface area (Å²) in [4.78, 5) is 4.38. The molecule has 0 unspecified atom stereocenters. The Morgan fingerprint density at radius 1 is 0.958 bits per heavy atom. The number of rotatable bonds is 6. The molecule has 1 aromatic heterocycles. The largest absolute Gasteiger partial charge is 0.493 e. The predicted molar refractivity (Wildman–Crippen MR) is 92.0 cm³/mol. The average molecular weight is 322 g/mol. The van der Waals surface area contributed by atoms with Gasteiger partial charge in [0.25, 0.3) is 5.89 Å². The summed E-state index contributed by atoms with van der Waals surface area (Å²) >= 11 is 0. The van der Waals surface area contributed by atoms with Crippen molar-refractivity contribution in [3.05, 3.63) is 71.4 Å². The summed E-state index contributed by atoms with van der Waals surface area (Å²) in [7, 11) is 3.22. The molecule has 0 bridgehead atoms. The molecule has 0 amide bonds. The van der Waals surface area contributed by atoms with Crippen molar-refractivity contribution in [3.63, 3.8) is 0 Å². The van der Waals surface area contributed by atoms with Crippen LogP contribution in [-0.4, -0.2) is 24.4 Å². The summed E-state index contributed by atoms with van der Waals surface area (Å²) in [6.45, 7) is 0. The normalized spacial score (nSPS) is 10.9. The lowest BCUT2D eigenvalue weighted by atomic mass is 10.1. The molecule has 3 aromatic rings. The van der Waals surface area contributed by atoms with Crippen LogP contribution in [0.15, 0.2) is 53.1 Å². The SMILES string of the molecule is COc1ccc(C=Cc2nc(Cc3ccccc3)no2)cc1OC. The van der Waals surface area contributed by atoms with E-state index >= 15 is 0 Å². The quantitative estimate of drug-likeness (QED) is 0.690. The second kappa shape index (κ2) is 7.46. The molecule has 0 saturated heterocycles. The van der Waals surface area contributed by atoms with Crippen molar-refractivity contribution < 1.29 is 14.0 Å². The van der Waals surface area contributed by atoms with Gasteiger partial charge in [-0.3, -0.25) is 0 Å². The summed E-state index contributed by atoms with van der Waals surface area (Å²) in [5, 5.41) is 4.00. The van der Waals surface area contributed by atoms with Gasteiger partial charge in [0.2, 0.25) is 0 Å². The molecule has 0 spiro atoms. The number of benzene rings is 2. The topological polar surface area (TPSA) is 57.4 Å². The van der Waals surface area contributed by atoms with Gasteiger partial charge in [0.05, 0.1) is 14.2 Å². The Labute approximate surface area is 140 Å². The van der Waals surface area contributed by atoms with Gasteiger partial charge in [0, 0.05) is 12.5 Å². The van der Waals surface area contributed by atoms with Gasteiger partial charge in [-0.05, 0) is 29.3 Å². The first-order chi connectivity index (χ1) is 11.8. The summed E-state index contributed by atoms with van der Waals surface area (Å²) in [6, 6.07) is 15.7. The van der Waals surface area contributed by atoms with Crippen molar-refractivity contribution in [2.45, 2.75) is 6.42 Å². The lowest BCUT2D eigenvalue weighted by Crippen LogP contribution is -1.90. The maximum atomic E-state index is 5.29. The van der Waals surface area contributed by atoms with Gasteiger partial charge in [0.15, 0.2) is 17.3 Å². The van der Waals surface area contributed by atoms with E-state index in [-0.39, 0.29) is 0 Å². The monoisotopic (exact) mass is 322 g/mol. The highest BCUT2D eigenvalue weighted by atomic mass is 16.5. The number of hydrogen-bond acceptors (Lipinski definition) is 5. The summed E-state index contributed by atoms with van der Waals surface area (Å²) < 4.78 is 15.8. The highest BCUT2D eigenvalue weighted by molar-refractivity contribution is 5.67. The van der Waals surface area contributed by atoms with E-state index in [1.54, 1.807) is 20.3 Å². The Morgan fingerprint density at radius 2 is 1.75 bits per heavy atom. The van der Waals surface area contributed by atoms with Gasteiger partial charge < -0.3 is 14.0 Å². The molecule has 0 aliphatic heterocycles. The number of aromatic nitrogens is 2. The zero-order chi connectivity index (χ0) is 16.8. The van der Waals surface area contributed by atoms with E-state index in [1.165, 1.54) is 0 Å². The van der Waals surface area contributed by atoms with E-state index < -0.39 is 0 Å². The van der Waals surface area contributed by atoms with Gasteiger partial charge >= 0.3 is 0 Å². The zero-order valence-corrected chi connectivity index (χ0v) is 13.6. The van der Waals surface area contributed by atoms with Crippen LogP contribution in [0.2, 0.25) is 0 Å². The third-order valence-electron chi connectivity index (χ3n) is 3.51. The highest BCUT2D eigenvalue weighted by Crippen LogP contribution is 2.28. The second-order valence-electron chi connectivity index (χ2n) is 5.16. The van der Waals surface area contributed by atoms with Crippen molar-refractivity contribution in [1.82, 2.24) is 10.1 Å². The molecular weight excluding hydrogens is 304 g/mol. The molecule has 0 N–H and O–H groups in total. The van der Waals surface area contributed by atoms with Crippen LogP contribution in [0.5, 0.6) is 11.5 Å². The number of methoxy groups -OCH3 is 2. The van der Waals surface area contributed by atoms with Crippen LogP contribution >= 0.6 is 0 Å². The number of nitrogens with zero attached hydrogens (tertiary/aromatic N) is 2. The fourth-order valence-corrected chi connectivity index (χ4v) is 2.31. The summed E-state index contributed by atoms with van der Waals surface area (Å²) in [5.41, 5.74) is 2.10. The smallest absolute Gasteiger partial charge is 0.250 e. The summed E-state index contributed by atoms with van der Waals surface area (Å²) in [6.07, 6.45) is 4.32. The molecule has 122 valence electrons. The molecule has 0 aliphatic carbocycles. The molecule has 0 aliphatic rings. The van der Waals surface area contributed by atoms with Crippen LogP contribution in [0.1, 0.15) is 22.8 Å². The first-order valence-electron chi connectivity index (χ1n) is 7.55. The maximum absolute atomic E-state index is 5.29. The minimum atomic E-state index is 0.468. The van der Waals surface area contributed by atoms with Crippen molar-refractivity contribution in [2.24, 2.45) is 0 Å². The zero-order valence-electron chi connectivity index (χ0n) is 13.6. The molecule has 0 radical (unpaired) electrons. The molecule has 24 heavy (non-hydrogen) atoms. The van der Waals surface area contributed by atoms with Crippen molar-refractivity contribution in [1.29, 1.82) is 0 Å². The van der Waals surface area contributed by atoms with E-state index in [1.807, 2.05) is 54.6 Å². The van der Waals surface area contributed by atoms with Gasteiger partial charge in [-0.1, -0.05) is 41.6 Å². The first kappa shape index (κ1) is 15.8. The molecule has 5 heteroatoms. The Kier molecular flexibility index (Phi) is 4.91. The standard InChI is InChI=1S/C19H18N2O3/c1-22-16-10-8-15(12-17(16)23-2)9-11-19-20-18(21-24-19)13-14-6-4-3-5-7-14/h3-12H,13H2,1-2H3.